The average molecular weight is 348 g/mol. The van der Waals surface area contributed by atoms with Gasteiger partial charge in [0.05, 0.1) is 11.3 Å². The van der Waals surface area contributed by atoms with Crippen LogP contribution < -0.4 is 5.32 Å². The van der Waals surface area contributed by atoms with E-state index in [-0.39, 0.29) is 11.3 Å². The van der Waals surface area contributed by atoms with E-state index in [4.69, 9.17) is 5.11 Å². The van der Waals surface area contributed by atoms with E-state index in [1.54, 1.807) is 30.3 Å². The van der Waals surface area contributed by atoms with Crippen molar-refractivity contribution in [1.82, 2.24) is 0 Å². The molecular weight excluding hydrogens is 338 g/mol. The Morgan fingerprint density at radius 2 is 1.67 bits per heavy atom. The summed E-state index contributed by atoms with van der Waals surface area (Å²) in [6.07, 6.45) is 0. The van der Waals surface area contributed by atoms with Gasteiger partial charge in [0.1, 0.15) is 0 Å². The zero-order chi connectivity index (χ0) is 15.4. The van der Waals surface area contributed by atoms with Gasteiger partial charge < -0.3 is 10.4 Å². The topological polar surface area (TPSA) is 83.5 Å². The molecule has 2 N–H and O–H groups in total. The van der Waals surface area contributed by atoms with Crippen LogP contribution in [-0.4, -0.2) is 22.8 Å². The van der Waals surface area contributed by atoms with E-state index in [1.807, 2.05) is 0 Å². The molecule has 0 spiro atoms. The summed E-state index contributed by atoms with van der Waals surface area (Å²) in [4.78, 5) is 34.5. The number of halogens is 1. The number of aliphatic carboxylic acids is 1. The lowest BCUT2D eigenvalue weighted by atomic mass is 10.1. The van der Waals surface area contributed by atoms with Crippen LogP contribution >= 0.6 is 15.9 Å². The Kier molecular flexibility index (Phi) is 4.49. The summed E-state index contributed by atoms with van der Waals surface area (Å²) in [7, 11) is 0. The Bertz CT molecular complexity index is 713. The summed E-state index contributed by atoms with van der Waals surface area (Å²) in [6, 6.07) is 12.8. The number of nitrogens with one attached hydrogen (secondary N) is 1. The van der Waals surface area contributed by atoms with Crippen LogP contribution in [0, 0.1) is 0 Å². The van der Waals surface area contributed by atoms with Crippen molar-refractivity contribution in [2.24, 2.45) is 0 Å². The van der Waals surface area contributed by atoms with Crippen LogP contribution in [0.3, 0.4) is 0 Å². The molecule has 106 valence electrons. The molecule has 0 aliphatic rings. The molecule has 0 fully saturated rings. The molecule has 0 heterocycles. The number of carbonyl (C=O) groups is 3. The Balaban J connectivity index is 2.35. The van der Waals surface area contributed by atoms with Crippen molar-refractivity contribution < 1.29 is 19.5 Å². The van der Waals surface area contributed by atoms with Gasteiger partial charge in [-0.05, 0) is 30.3 Å². The average Bonchev–Trinajstić information content (AvgIpc) is 2.47. The number of hydrogen-bond donors (Lipinski definition) is 2. The fourth-order valence-electron chi connectivity index (χ4n) is 1.72. The first-order valence-electron chi connectivity index (χ1n) is 5.92. The van der Waals surface area contributed by atoms with Gasteiger partial charge in [-0.1, -0.05) is 34.1 Å². The number of amides is 1. The number of hydrogen-bond acceptors (Lipinski definition) is 3. The molecule has 2 aromatic carbocycles. The zero-order valence-corrected chi connectivity index (χ0v) is 12.3. The Hall–Kier alpha value is -2.47. The highest BCUT2D eigenvalue weighted by Gasteiger charge is 2.20. The molecule has 0 radical (unpaired) electrons. The van der Waals surface area contributed by atoms with E-state index in [0.29, 0.717) is 10.0 Å². The first-order valence-corrected chi connectivity index (χ1v) is 6.72. The maximum Gasteiger partial charge on any atom is 0.377 e. The van der Waals surface area contributed by atoms with Crippen LogP contribution in [0.2, 0.25) is 0 Å². The fourth-order valence-corrected chi connectivity index (χ4v) is 2.08. The van der Waals surface area contributed by atoms with Crippen molar-refractivity contribution >= 4 is 39.3 Å². The van der Waals surface area contributed by atoms with E-state index >= 15 is 0 Å². The number of carboxylic acid groups (broad SMARTS) is 1. The SMILES string of the molecule is O=C(O)C(=O)c1ccc(Br)cc1NC(=O)c1ccccc1. The molecular formula is C15H10BrNO4. The van der Waals surface area contributed by atoms with Gasteiger partial charge in [0.2, 0.25) is 0 Å². The summed E-state index contributed by atoms with van der Waals surface area (Å²) in [6.45, 7) is 0. The Morgan fingerprint density at radius 3 is 2.29 bits per heavy atom. The van der Waals surface area contributed by atoms with Crippen LogP contribution in [0.1, 0.15) is 20.7 Å². The second kappa shape index (κ2) is 6.32. The van der Waals surface area contributed by atoms with Crippen molar-refractivity contribution in [3.8, 4) is 0 Å². The van der Waals surface area contributed by atoms with Crippen LogP contribution in [0.15, 0.2) is 53.0 Å². The standard InChI is InChI=1S/C15H10BrNO4/c16-10-6-7-11(13(18)15(20)21)12(8-10)17-14(19)9-4-2-1-3-5-9/h1-8H,(H,17,19)(H,20,21). The van der Waals surface area contributed by atoms with Crippen molar-refractivity contribution in [3.05, 3.63) is 64.1 Å². The van der Waals surface area contributed by atoms with Crippen LogP contribution in [-0.2, 0) is 4.79 Å². The minimum atomic E-state index is -1.58. The number of ketones is 1. The molecule has 5 nitrogen and oxygen atoms in total. The van der Waals surface area contributed by atoms with Crippen LogP contribution in [0.4, 0.5) is 5.69 Å². The van der Waals surface area contributed by atoms with Crippen LogP contribution in [0.5, 0.6) is 0 Å². The highest BCUT2D eigenvalue weighted by molar-refractivity contribution is 9.10. The largest absolute Gasteiger partial charge is 0.475 e. The van der Waals surface area contributed by atoms with Crippen molar-refractivity contribution in [3.63, 3.8) is 0 Å². The van der Waals surface area contributed by atoms with Gasteiger partial charge in [0, 0.05) is 10.0 Å². The first kappa shape index (κ1) is 14.9. The van der Waals surface area contributed by atoms with Gasteiger partial charge in [0.25, 0.3) is 11.7 Å². The van der Waals surface area contributed by atoms with E-state index in [9.17, 15) is 14.4 Å². The minimum absolute atomic E-state index is 0.0741. The molecule has 2 rings (SSSR count). The number of anilines is 1. The summed E-state index contributed by atoms with van der Waals surface area (Å²) >= 11 is 3.22. The van der Waals surface area contributed by atoms with E-state index in [1.165, 1.54) is 18.2 Å². The predicted octanol–water partition coefficient (Wildman–Crippen LogP) is 2.97. The maximum absolute atomic E-state index is 12.1. The maximum atomic E-state index is 12.1. The summed E-state index contributed by atoms with van der Waals surface area (Å²) in [5, 5.41) is 11.4. The lowest BCUT2D eigenvalue weighted by Gasteiger charge is -2.09. The molecule has 1 amide bonds. The van der Waals surface area contributed by atoms with Gasteiger partial charge in [0.15, 0.2) is 0 Å². The lowest BCUT2D eigenvalue weighted by Crippen LogP contribution is -2.18. The lowest BCUT2D eigenvalue weighted by molar-refractivity contribution is -0.131. The predicted molar refractivity (Wildman–Crippen MR) is 80.5 cm³/mol. The molecule has 0 saturated carbocycles. The quantitative estimate of drug-likeness (QED) is 0.657. The highest BCUT2D eigenvalue weighted by atomic mass is 79.9. The Morgan fingerprint density at radius 1 is 1.00 bits per heavy atom. The molecule has 0 atom stereocenters. The molecule has 0 unspecified atom stereocenters. The fraction of sp³-hybridized carbons (Fsp3) is 0. The van der Waals surface area contributed by atoms with Crippen molar-refractivity contribution in [1.29, 1.82) is 0 Å². The first-order chi connectivity index (χ1) is 9.99. The molecule has 0 saturated heterocycles. The smallest absolute Gasteiger partial charge is 0.377 e. The van der Waals surface area contributed by atoms with Gasteiger partial charge in [-0.2, -0.15) is 0 Å². The summed E-state index contributed by atoms with van der Waals surface area (Å²) < 4.78 is 0.618. The highest BCUT2D eigenvalue weighted by Crippen LogP contribution is 2.23. The van der Waals surface area contributed by atoms with E-state index in [2.05, 4.69) is 21.2 Å². The van der Waals surface area contributed by atoms with Gasteiger partial charge in [-0.3, -0.25) is 9.59 Å². The molecule has 0 bridgehead atoms. The molecule has 0 aliphatic carbocycles. The van der Waals surface area contributed by atoms with Crippen LogP contribution in [0.25, 0.3) is 0 Å². The summed E-state index contributed by atoms with van der Waals surface area (Å²) in [5.41, 5.74) is 0.479. The summed E-state index contributed by atoms with van der Waals surface area (Å²) in [5.74, 6) is -3.08. The second-order valence-electron chi connectivity index (χ2n) is 4.14. The molecule has 6 heteroatoms. The van der Waals surface area contributed by atoms with Crippen molar-refractivity contribution in [2.75, 3.05) is 5.32 Å². The van der Waals surface area contributed by atoms with Gasteiger partial charge in [-0.15, -0.1) is 0 Å². The number of carbonyl (C=O) groups excluding carboxylic acids is 2. The molecule has 0 aromatic heterocycles. The molecule has 21 heavy (non-hydrogen) atoms. The second-order valence-corrected chi connectivity index (χ2v) is 5.06. The third-order valence-electron chi connectivity index (χ3n) is 2.70. The zero-order valence-electron chi connectivity index (χ0n) is 10.7. The van der Waals surface area contributed by atoms with Gasteiger partial charge in [-0.25, -0.2) is 4.79 Å². The van der Waals surface area contributed by atoms with E-state index < -0.39 is 17.7 Å². The van der Waals surface area contributed by atoms with Crippen molar-refractivity contribution in [2.45, 2.75) is 0 Å². The van der Waals surface area contributed by atoms with Gasteiger partial charge >= 0.3 is 5.97 Å². The van der Waals surface area contributed by atoms with E-state index in [0.717, 1.165) is 0 Å². The normalized spacial score (nSPS) is 9.95. The molecule has 0 aliphatic heterocycles. The Labute approximate surface area is 128 Å². The molecule has 2 aromatic rings. The number of Topliss-reactive ketones (excluding diaryl/α,β-unsaturated/α-hetero) is 1. The monoisotopic (exact) mass is 347 g/mol. The number of carboxylic acids is 1. The minimum Gasteiger partial charge on any atom is -0.475 e. The third kappa shape index (κ3) is 3.55. The number of rotatable bonds is 4. The number of benzene rings is 2. The third-order valence-corrected chi connectivity index (χ3v) is 3.20.